The highest BCUT2D eigenvalue weighted by Crippen LogP contribution is 2.38. The van der Waals surface area contributed by atoms with Crippen molar-refractivity contribution in [3.05, 3.63) is 35.8 Å². The van der Waals surface area contributed by atoms with Crippen LogP contribution in [0.1, 0.15) is 37.9 Å². The van der Waals surface area contributed by atoms with E-state index >= 15 is 0 Å². The smallest absolute Gasteiger partial charge is 0.350 e. The van der Waals surface area contributed by atoms with Crippen LogP contribution in [-0.2, 0) is 6.18 Å². The summed E-state index contributed by atoms with van der Waals surface area (Å²) >= 11 is 0. The Morgan fingerprint density at radius 1 is 1.27 bits per heavy atom. The van der Waals surface area contributed by atoms with Gasteiger partial charge in [0.2, 0.25) is 5.95 Å². The van der Waals surface area contributed by atoms with Gasteiger partial charge in [0.25, 0.3) is 0 Å². The molecule has 9 heteroatoms. The van der Waals surface area contributed by atoms with E-state index in [0.29, 0.717) is 28.8 Å². The number of fused-ring (bicyclic) bond motifs is 1. The van der Waals surface area contributed by atoms with Gasteiger partial charge in [0.15, 0.2) is 0 Å². The highest BCUT2D eigenvalue weighted by atomic mass is 19.4. The summed E-state index contributed by atoms with van der Waals surface area (Å²) in [4.78, 5) is 15.3. The molecule has 0 unspecified atom stereocenters. The summed E-state index contributed by atoms with van der Waals surface area (Å²) in [6, 6.07) is 3.26. The maximum absolute atomic E-state index is 13.7. The molecule has 0 aliphatic carbocycles. The molecule has 0 aromatic carbocycles. The number of rotatable bonds is 3. The van der Waals surface area contributed by atoms with E-state index < -0.39 is 11.7 Å². The first kappa shape index (κ1) is 20.2. The molecule has 0 amide bonds. The second-order valence-electron chi connectivity index (χ2n) is 8.04. The summed E-state index contributed by atoms with van der Waals surface area (Å²) in [6.07, 6.45) is 4.85. The van der Waals surface area contributed by atoms with E-state index in [-0.39, 0.29) is 23.2 Å². The monoisotopic (exact) mass is 414 g/mol. The number of anilines is 1. The molecule has 0 bridgehead atoms. The minimum atomic E-state index is -4.60. The van der Waals surface area contributed by atoms with Gasteiger partial charge in [-0.25, -0.2) is 15.0 Å². The SMILES string of the molecule is C#Cc1ccc2c(-c3nc(N[C@H]4CCC(C)(C)NC4)ncc3C(F)(F)F)c[nH]c2n1. The van der Waals surface area contributed by atoms with E-state index in [1.54, 1.807) is 12.1 Å². The molecule has 1 fully saturated rings. The summed E-state index contributed by atoms with van der Waals surface area (Å²) in [7, 11) is 0. The Balaban J connectivity index is 1.73. The molecule has 1 atom stereocenters. The van der Waals surface area contributed by atoms with Crippen LogP contribution in [0.3, 0.4) is 0 Å². The van der Waals surface area contributed by atoms with Crippen LogP contribution in [0.5, 0.6) is 0 Å². The second kappa shape index (κ2) is 7.29. The maximum Gasteiger partial charge on any atom is 0.419 e. The number of alkyl halides is 3. The fourth-order valence-corrected chi connectivity index (χ4v) is 3.58. The number of piperidine rings is 1. The third-order valence-corrected chi connectivity index (χ3v) is 5.31. The topological polar surface area (TPSA) is 78.5 Å². The standard InChI is InChI=1S/C21H21F3N6/c1-4-12-5-6-14-15(10-25-18(14)28-12)17-16(21(22,23)24)11-26-19(30-17)29-13-7-8-20(2,3)27-9-13/h1,5-6,10-11,13,27H,7-9H2,2-3H3,(H,25,28)(H,26,29,30)/t13-/m0/s1. The van der Waals surface area contributed by atoms with Gasteiger partial charge >= 0.3 is 6.18 Å². The molecule has 3 N–H and O–H groups in total. The van der Waals surface area contributed by atoms with Crippen LogP contribution < -0.4 is 10.6 Å². The van der Waals surface area contributed by atoms with E-state index in [4.69, 9.17) is 6.42 Å². The van der Waals surface area contributed by atoms with Gasteiger partial charge in [0.05, 0.1) is 5.69 Å². The van der Waals surface area contributed by atoms with Crippen molar-refractivity contribution >= 4 is 17.0 Å². The van der Waals surface area contributed by atoms with Gasteiger partial charge in [0.1, 0.15) is 16.9 Å². The molecule has 1 saturated heterocycles. The molecule has 156 valence electrons. The van der Waals surface area contributed by atoms with Gasteiger partial charge < -0.3 is 15.6 Å². The molecule has 0 radical (unpaired) electrons. The fraction of sp³-hybridized carbons (Fsp3) is 0.381. The molecule has 4 rings (SSSR count). The number of hydrogen-bond acceptors (Lipinski definition) is 5. The van der Waals surface area contributed by atoms with Crippen LogP contribution in [0.2, 0.25) is 0 Å². The molecule has 1 aliphatic rings. The second-order valence-corrected chi connectivity index (χ2v) is 8.04. The predicted octanol–water partition coefficient (Wildman–Crippen LogP) is 3.96. The van der Waals surface area contributed by atoms with Gasteiger partial charge in [-0.3, -0.25) is 0 Å². The highest BCUT2D eigenvalue weighted by Gasteiger charge is 2.36. The minimum Gasteiger partial charge on any atom is -0.350 e. The molecule has 4 heterocycles. The molecular formula is C21H21F3N6. The van der Waals surface area contributed by atoms with Crippen molar-refractivity contribution in [3.8, 4) is 23.6 Å². The Bertz CT molecular complexity index is 1120. The number of aromatic amines is 1. The minimum absolute atomic E-state index is 0.0328. The van der Waals surface area contributed by atoms with Crippen LogP contribution in [-0.4, -0.2) is 38.1 Å². The number of aromatic nitrogens is 4. The van der Waals surface area contributed by atoms with Crippen LogP contribution >= 0.6 is 0 Å². The molecule has 1 aliphatic heterocycles. The van der Waals surface area contributed by atoms with Crippen molar-refractivity contribution in [2.45, 2.75) is 44.4 Å². The van der Waals surface area contributed by atoms with Crippen molar-refractivity contribution in [3.63, 3.8) is 0 Å². The van der Waals surface area contributed by atoms with Crippen molar-refractivity contribution in [1.82, 2.24) is 25.3 Å². The number of pyridine rings is 1. The lowest BCUT2D eigenvalue weighted by Crippen LogP contribution is -2.50. The quantitative estimate of drug-likeness (QED) is 0.566. The fourth-order valence-electron chi connectivity index (χ4n) is 3.58. The van der Waals surface area contributed by atoms with Crippen molar-refractivity contribution in [1.29, 1.82) is 0 Å². The summed E-state index contributed by atoms with van der Waals surface area (Å²) in [6.45, 7) is 4.91. The average molecular weight is 414 g/mol. The van der Waals surface area contributed by atoms with Gasteiger partial charge in [-0.05, 0) is 38.8 Å². The molecule has 3 aromatic heterocycles. The van der Waals surface area contributed by atoms with Crippen LogP contribution in [0.25, 0.3) is 22.3 Å². The molecule has 30 heavy (non-hydrogen) atoms. The number of terminal acetylenes is 1. The Labute approximate surface area is 171 Å². The normalized spacial score (nSPS) is 18.9. The number of H-pyrrole nitrogens is 1. The van der Waals surface area contributed by atoms with Crippen molar-refractivity contribution in [2.75, 3.05) is 11.9 Å². The number of nitrogens with zero attached hydrogens (tertiary/aromatic N) is 3. The number of halogens is 3. The van der Waals surface area contributed by atoms with Crippen LogP contribution in [0, 0.1) is 12.3 Å². The third-order valence-electron chi connectivity index (χ3n) is 5.31. The van der Waals surface area contributed by atoms with E-state index in [1.165, 1.54) is 6.20 Å². The summed E-state index contributed by atoms with van der Waals surface area (Å²) in [5.74, 6) is 2.57. The van der Waals surface area contributed by atoms with Crippen molar-refractivity contribution < 1.29 is 13.2 Å². The first-order valence-electron chi connectivity index (χ1n) is 9.57. The lowest BCUT2D eigenvalue weighted by molar-refractivity contribution is -0.137. The molecular weight excluding hydrogens is 393 g/mol. The average Bonchev–Trinajstić information content (AvgIpc) is 3.11. The lowest BCUT2D eigenvalue weighted by atomic mass is 9.91. The van der Waals surface area contributed by atoms with Crippen molar-refractivity contribution in [2.24, 2.45) is 0 Å². The van der Waals surface area contributed by atoms with Crippen LogP contribution in [0.15, 0.2) is 24.5 Å². The third kappa shape index (κ3) is 3.96. The van der Waals surface area contributed by atoms with Crippen LogP contribution in [0.4, 0.5) is 19.1 Å². The van der Waals surface area contributed by atoms with E-state index in [2.05, 4.69) is 50.3 Å². The predicted molar refractivity (Wildman–Crippen MR) is 109 cm³/mol. The van der Waals surface area contributed by atoms with E-state index in [0.717, 1.165) is 19.0 Å². The van der Waals surface area contributed by atoms with Gasteiger partial charge in [-0.1, -0.05) is 5.92 Å². The molecule has 0 spiro atoms. The number of hydrogen-bond donors (Lipinski definition) is 3. The lowest BCUT2D eigenvalue weighted by Gasteiger charge is -2.36. The zero-order valence-electron chi connectivity index (χ0n) is 16.6. The Morgan fingerprint density at radius 2 is 2.07 bits per heavy atom. The molecule has 3 aromatic rings. The van der Waals surface area contributed by atoms with Gasteiger partial charge in [-0.2, -0.15) is 13.2 Å². The van der Waals surface area contributed by atoms with Gasteiger partial charge in [0, 0.05) is 41.5 Å². The summed E-state index contributed by atoms with van der Waals surface area (Å²) in [5, 5.41) is 7.08. The highest BCUT2D eigenvalue weighted by molar-refractivity contribution is 5.93. The zero-order chi connectivity index (χ0) is 21.5. The first-order valence-corrected chi connectivity index (χ1v) is 9.57. The Kier molecular flexibility index (Phi) is 4.90. The molecule has 6 nitrogen and oxygen atoms in total. The number of nitrogens with one attached hydrogen (secondary N) is 3. The van der Waals surface area contributed by atoms with Gasteiger partial charge in [-0.15, -0.1) is 6.42 Å². The largest absolute Gasteiger partial charge is 0.419 e. The van der Waals surface area contributed by atoms with E-state index in [1.807, 2.05) is 0 Å². The first-order chi connectivity index (χ1) is 14.2. The zero-order valence-corrected chi connectivity index (χ0v) is 16.6. The Morgan fingerprint density at radius 3 is 2.73 bits per heavy atom. The maximum atomic E-state index is 13.7. The Hall–Kier alpha value is -3.12. The summed E-state index contributed by atoms with van der Waals surface area (Å²) < 4.78 is 41.0. The van der Waals surface area contributed by atoms with E-state index in [9.17, 15) is 13.2 Å². The summed E-state index contributed by atoms with van der Waals surface area (Å²) in [5.41, 5.74) is 0.0221. The molecule has 0 saturated carbocycles.